The summed E-state index contributed by atoms with van der Waals surface area (Å²) in [6, 6.07) is 0. The molecule has 0 aromatic carbocycles. The Morgan fingerprint density at radius 3 is 2.11 bits per heavy atom. The van der Waals surface area contributed by atoms with Crippen LogP contribution in [0.2, 0.25) is 0 Å². The van der Waals surface area contributed by atoms with Crippen LogP contribution in [-0.2, 0) is 14.8 Å². The third kappa shape index (κ3) is 2.33. The molecule has 1 saturated heterocycles. The summed E-state index contributed by atoms with van der Waals surface area (Å²) in [6.07, 6.45) is -3.68. The van der Waals surface area contributed by atoms with Crippen LogP contribution in [0.25, 0.3) is 0 Å². The molecule has 104 valence electrons. The van der Waals surface area contributed by atoms with Crippen LogP contribution in [0, 0.1) is 11.8 Å². The van der Waals surface area contributed by atoms with E-state index in [1.54, 1.807) is 0 Å². The van der Waals surface area contributed by atoms with Crippen molar-refractivity contribution in [2.45, 2.75) is 24.3 Å². The zero-order valence-electron chi connectivity index (χ0n) is 9.35. The van der Waals surface area contributed by atoms with E-state index in [0.717, 1.165) is 4.31 Å². The van der Waals surface area contributed by atoms with Crippen molar-refractivity contribution in [3.8, 4) is 0 Å². The predicted octanol–water partition coefficient (Wildman–Crippen LogP) is 0.0742. The van der Waals surface area contributed by atoms with Crippen LogP contribution in [-0.4, -0.2) is 43.1 Å². The van der Waals surface area contributed by atoms with Gasteiger partial charge >= 0.3 is 6.18 Å². The molecule has 0 bridgehead atoms. The minimum Gasteiger partial charge on any atom is -0.369 e. The molecule has 2 fully saturated rings. The van der Waals surface area contributed by atoms with E-state index in [9.17, 15) is 26.4 Å². The number of amides is 1. The summed E-state index contributed by atoms with van der Waals surface area (Å²) in [5, 5.41) is -0.585. The van der Waals surface area contributed by atoms with Crippen molar-refractivity contribution in [3.63, 3.8) is 0 Å². The number of nitrogens with two attached hydrogens (primary N) is 1. The van der Waals surface area contributed by atoms with Gasteiger partial charge < -0.3 is 5.73 Å². The predicted molar refractivity (Wildman–Crippen MR) is 55.7 cm³/mol. The molecule has 2 N–H and O–H groups in total. The van der Waals surface area contributed by atoms with E-state index in [1.165, 1.54) is 0 Å². The molecule has 2 atom stereocenters. The standard InChI is InChI=1S/C9H13F3N2O3S/c10-9(11,12)7-4-14(3-6(7)8(13)15)18(16,17)5-1-2-5/h5-7H,1-4H2,(H2,13,15)/t6-,7-/m1/s1. The van der Waals surface area contributed by atoms with Gasteiger partial charge in [-0.15, -0.1) is 0 Å². The average Bonchev–Trinajstić information content (AvgIpc) is 2.94. The molecule has 9 heteroatoms. The van der Waals surface area contributed by atoms with Gasteiger partial charge in [0.05, 0.1) is 17.1 Å². The number of hydrogen-bond donors (Lipinski definition) is 1. The quantitative estimate of drug-likeness (QED) is 0.797. The normalized spacial score (nSPS) is 30.6. The first-order chi connectivity index (χ1) is 8.14. The zero-order valence-corrected chi connectivity index (χ0v) is 10.2. The van der Waals surface area contributed by atoms with Gasteiger partial charge in [0.2, 0.25) is 15.9 Å². The van der Waals surface area contributed by atoms with Gasteiger partial charge in [-0.2, -0.15) is 13.2 Å². The minimum absolute atomic E-state index is 0.460. The van der Waals surface area contributed by atoms with Gasteiger partial charge in [0, 0.05) is 13.1 Å². The number of rotatable bonds is 3. The summed E-state index contributed by atoms with van der Waals surface area (Å²) in [6.45, 7) is -1.16. The molecule has 0 radical (unpaired) electrons. The van der Waals surface area contributed by atoms with Crippen LogP contribution in [0.4, 0.5) is 13.2 Å². The highest BCUT2D eigenvalue weighted by Crippen LogP contribution is 2.41. The van der Waals surface area contributed by atoms with Gasteiger partial charge in [0.15, 0.2) is 0 Å². The van der Waals surface area contributed by atoms with Crippen LogP contribution in [0.1, 0.15) is 12.8 Å². The highest BCUT2D eigenvalue weighted by Gasteiger charge is 2.55. The highest BCUT2D eigenvalue weighted by atomic mass is 32.2. The first-order valence-electron chi connectivity index (χ1n) is 5.49. The molecule has 1 amide bonds. The van der Waals surface area contributed by atoms with Crippen LogP contribution in [0.15, 0.2) is 0 Å². The largest absolute Gasteiger partial charge is 0.393 e. The van der Waals surface area contributed by atoms with Gasteiger partial charge in [-0.05, 0) is 12.8 Å². The second-order valence-electron chi connectivity index (χ2n) is 4.72. The lowest BCUT2D eigenvalue weighted by Crippen LogP contribution is -2.37. The Kier molecular flexibility index (Phi) is 3.09. The molecular formula is C9H13F3N2O3S. The van der Waals surface area contributed by atoms with Gasteiger partial charge in [0.1, 0.15) is 0 Å². The van der Waals surface area contributed by atoms with Crippen molar-refractivity contribution in [1.29, 1.82) is 0 Å². The Labute approximate surface area is 102 Å². The molecule has 1 aliphatic carbocycles. The summed E-state index contributed by atoms with van der Waals surface area (Å²) in [7, 11) is -3.70. The fourth-order valence-electron chi connectivity index (χ4n) is 2.17. The van der Waals surface area contributed by atoms with E-state index in [4.69, 9.17) is 5.73 Å². The molecule has 1 aliphatic heterocycles. The third-order valence-electron chi connectivity index (χ3n) is 3.38. The summed E-state index contributed by atoms with van der Waals surface area (Å²) in [4.78, 5) is 11.0. The zero-order chi connectivity index (χ0) is 13.7. The Bertz CT molecular complexity index is 458. The number of carbonyl (C=O) groups is 1. The first-order valence-corrected chi connectivity index (χ1v) is 6.99. The molecule has 1 heterocycles. The molecule has 2 rings (SSSR count). The monoisotopic (exact) mass is 286 g/mol. The molecule has 1 saturated carbocycles. The molecule has 18 heavy (non-hydrogen) atoms. The number of hydrogen-bond acceptors (Lipinski definition) is 3. The van der Waals surface area contributed by atoms with E-state index < -0.39 is 52.3 Å². The summed E-state index contributed by atoms with van der Waals surface area (Å²) in [5.41, 5.74) is 4.92. The number of alkyl halides is 3. The number of carbonyl (C=O) groups excluding carboxylic acids is 1. The summed E-state index contributed by atoms with van der Waals surface area (Å²) < 4.78 is 62.6. The molecule has 0 aromatic rings. The molecule has 0 unspecified atom stereocenters. The Balaban J connectivity index is 2.22. The lowest BCUT2D eigenvalue weighted by Gasteiger charge is -2.18. The van der Waals surface area contributed by atoms with E-state index in [-0.39, 0.29) is 0 Å². The van der Waals surface area contributed by atoms with Crippen LogP contribution < -0.4 is 5.73 Å². The van der Waals surface area contributed by atoms with Crippen molar-refractivity contribution >= 4 is 15.9 Å². The molecule has 5 nitrogen and oxygen atoms in total. The Hall–Kier alpha value is -0.830. The SMILES string of the molecule is NC(=O)[C@@H]1CN(S(=O)(=O)C2CC2)C[C@H]1C(F)(F)F. The lowest BCUT2D eigenvalue weighted by atomic mass is 9.95. The Morgan fingerprint density at radius 1 is 1.22 bits per heavy atom. The summed E-state index contributed by atoms with van der Waals surface area (Å²) >= 11 is 0. The van der Waals surface area contributed by atoms with Crippen molar-refractivity contribution in [2.24, 2.45) is 17.6 Å². The second kappa shape index (κ2) is 4.09. The fourth-order valence-corrected chi connectivity index (χ4v) is 4.06. The molecule has 2 aliphatic rings. The second-order valence-corrected chi connectivity index (χ2v) is 6.93. The van der Waals surface area contributed by atoms with Crippen molar-refractivity contribution in [1.82, 2.24) is 4.31 Å². The molecular weight excluding hydrogens is 273 g/mol. The lowest BCUT2D eigenvalue weighted by molar-refractivity contribution is -0.182. The average molecular weight is 286 g/mol. The molecule has 0 aromatic heterocycles. The number of nitrogens with zero attached hydrogens (tertiary/aromatic N) is 1. The van der Waals surface area contributed by atoms with Gasteiger partial charge in [-0.25, -0.2) is 12.7 Å². The van der Waals surface area contributed by atoms with Gasteiger partial charge in [-0.3, -0.25) is 4.79 Å². The maximum Gasteiger partial charge on any atom is 0.393 e. The maximum absolute atomic E-state index is 12.7. The number of halogens is 3. The third-order valence-corrected chi connectivity index (χ3v) is 5.71. The van der Waals surface area contributed by atoms with Crippen LogP contribution in [0.3, 0.4) is 0 Å². The first kappa shape index (κ1) is 13.6. The van der Waals surface area contributed by atoms with E-state index in [2.05, 4.69) is 0 Å². The van der Waals surface area contributed by atoms with E-state index in [0.29, 0.717) is 12.8 Å². The number of sulfonamides is 1. The Morgan fingerprint density at radius 2 is 1.78 bits per heavy atom. The van der Waals surface area contributed by atoms with Gasteiger partial charge in [-0.1, -0.05) is 0 Å². The maximum atomic E-state index is 12.7. The minimum atomic E-state index is -4.62. The van der Waals surface area contributed by atoms with Gasteiger partial charge in [0.25, 0.3) is 0 Å². The van der Waals surface area contributed by atoms with E-state index in [1.807, 2.05) is 0 Å². The topological polar surface area (TPSA) is 80.5 Å². The van der Waals surface area contributed by atoms with Crippen LogP contribution in [0.5, 0.6) is 0 Å². The highest BCUT2D eigenvalue weighted by molar-refractivity contribution is 7.90. The molecule has 0 spiro atoms. The van der Waals surface area contributed by atoms with Crippen molar-refractivity contribution in [3.05, 3.63) is 0 Å². The van der Waals surface area contributed by atoms with Crippen molar-refractivity contribution < 1.29 is 26.4 Å². The smallest absolute Gasteiger partial charge is 0.369 e. The number of primary amides is 1. The van der Waals surface area contributed by atoms with Crippen molar-refractivity contribution in [2.75, 3.05) is 13.1 Å². The fraction of sp³-hybridized carbons (Fsp3) is 0.889. The summed E-state index contributed by atoms with van der Waals surface area (Å²) in [5.74, 6) is -4.59. The van der Waals surface area contributed by atoms with E-state index >= 15 is 0 Å². The van der Waals surface area contributed by atoms with Crippen LogP contribution >= 0.6 is 0 Å².